The Bertz CT molecular complexity index is 70.6. The molecule has 0 aromatic rings. The average molecular weight is 166 g/mol. The Balaban J connectivity index is 2.97. The van der Waals surface area contributed by atoms with Crippen molar-refractivity contribution in [2.24, 2.45) is 0 Å². The molecule has 0 aromatic carbocycles. The first-order chi connectivity index (χ1) is 4.81. The van der Waals surface area contributed by atoms with Crippen LogP contribution in [-0.4, -0.2) is 32.2 Å². The maximum absolute atomic E-state index is 5.85. The van der Waals surface area contributed by atoms with E-state index in [-0.39, 0.29) is 5.38 Å². The van der Waals surface area contributed by atoms with E-state index < -0.39 is 0 Å². The summed E-state index contributed by atoms with van der Waals surface area (Å²) in [7, 11) is 1.67. The van der Waals surface area contributed by atoms with Crippen molar-refractivity contribution in [1.29, 1.82) is 0 Å². The van der Waals surface area contributed by atoms with E-state index >= 15 is 0 Å². The highest BCUT2D eigenvalue weighted by Gasteiger charge is 2.01. The van der Waals surface area contributed by atoms with Gasteiger partial charge < -0.3 is 10.1 Å². The summed E-state index contributed by atoms with van der Waals surface area (Å²) in [6.45, 7) is 4.72. The predicted molar refractivity (Wildman–Crippen MR) is 44.7 cm³/mol. The Hall–Kier alpha value is 0.210. The summed E-state index contributed by atoms with van der Waals surface area (Å²) >= 11 is 5.85. The van der Waals surface area contributed by atoms with Crippen LogP contribution >= 0.6 is 11.6 Å². The number of methoxy groups -OCH3 is 1. The largest absolute Gasteiger partial charge is 0.383 e. The summed E-state index contributed by atoms with van der Waals surface area (Å²) in [6.07, 6.45) is 0.975. The molecule has 0 amide bonds. The lowest BCUT2D eigenvalue weighted by molar-refractivity contribution is 0.195. The zero-order valence-electron chi connectivity index (χ0n) is 6.69. The van der Waals surface area contributed by atoms with Crippen molar-refractivity contribution in [1.82, 2.24) is 5.32 Å². The number of alkyl halides is 1. The van der Waals surface area contributed by atoms with E-state index in [9.17, 15) is 0 Å². The zero-order valence-corrected chi connectivity index (χ0v) is 7.45. The molecule has 2 nitrogen and oxygen atoms in total. The molecular weight excluding hydrogens is 150 g/mol. The van der Waals surface area contributed by atoms with Gasteiger partial charge in [0.2, 0.25) is 0 Å². The molecule has 0 saturated heterocycles. The van der Waals surface area contributed by atoms with Crippen LogP contribution in [0.4, 0.5) is 0 Å². The lowest BCUT2D eigenvalue weighted by atomic mass is 10.3. The topological polar surface area (TPSA) is 21.3 Å². The SMILES string of the molecule is CCNCCC(Cl)COC. The molecule has 0 rings (SSSR count). The first-order valence-electron chi connectivity index (χ1n) is 3.65. The van der Waals surface area contributed by atoms with Gasteiger partial charge in [-0.05, 0) is 19.5 Å². The first kappa shape index (κ1) is 10.2. The van der Waals surface area contributed by atoms with E-state index in [1.165, 1.54) is 0 Å². The molecule has 0 aliphatic heterocycles. The van der Waals surface area contributed by atoms with E-state index in [1.54, 1.807) is 7.11 Å². The van der Waals surface area contributed by atoms with Crippen LogP contribution in [-0.2, 0) is 4.74 Å². The van der Waals surface area contributed by atoms with Gasteiger partial charge in [-0.15, -0.1) is 11.6 Å². The molecule has 1 atom stereocenters. The Morgan fingerprint density at radius 2 is 2.30 bits per heavy atom. The minimum Gasteiger partial charge on any atom is -0.383 e. The van der Waals surface area contributed by atoms with E-state index in [2.05, 4.69) is 12.2 Å². The fourth-order valence-electron chi connectivity index (χ4n) is 0.700. The predicted octanol–water partition coefficient (Wildman–Crippen LogP) is 1.24. The molecule has 1 N–H and O–H groups in total. The van der Waals surface area contributed by atoms with Gasteiger partial charge in [0.1, 0.15) is 0 Å². The number of halogens is 1. The fraction of sp³-hybridized carbons (Fsp3) is 1.00. The van der Waals surface area contributed by atoms with E-state index in [1.807, 2.05) is 0 Å². The quantitative estimate of drug-likeness (QED) is 0.473. The van der Waals surface area contributed by atoms with Crippen molar-refractivity contribution in [3.63, 3.8) is 0 Å². The minimum absolute atomic E-state index is 0.157. The molecule has 0 saturated carbocycles. The summed E-state index contributed by atoms with van der Waals surface area (Å²) in [5.41, 5.74) is 0. The number of nitrogens with one attached hydrogen (secondary N) is 1. The smallest absolute Gasteiger partial charge is 0.0626 e. The lowest BCUT2D eigenvalue weighted by Gasteiger charge is -2.07. The lowest BCUT2D eigenvalue weighted by Crippen LogP contribution is -2.19. The molecule has 0 radical (unpaired) electrons. The van der Waals surface area contributed by atoms with E-state index in [0.717, 1.165) is 19.5 Å². The highest BCUT2D eigenvalue weighted by Crippen LogP contribution is 1.99. The number of rotatable bonds is 6. The minimum atomic E-state index is 0.157. The van der Waals surface area contributed by atoms with Crippen LogP contribution in [0.15, 0.2) is 0 Å². The third-order valence-corrected chi connectivity index (χ3v) is 1.58. The molecule has 3 heteroatoms. The van der Waals surface area contributed by atoms with Gasteiger partial charge in [0.15, 0.2) is 0 Å². The average Bonchev–Trinajstić information content (AvgIpc) is 1.89. The van der Waals surface area contributed by atoms with Gasteiger partial charge in [-0.2, -0.15) is 0 Å². The molecule has 0 heterocycles. The van der Waals surface area contributed by atoms with Crippen molar-refractivity contribution in [3.8, 4) is 0 Å². The van der Waals surface area contributed by atoms with Crippen molar-refractivity contribution in [2.75, 3.05) is 26.8 Å². The molecule has 1 unspecified atom stereocenters. The van der Waals surface area contributed by atoms with Crippen LogP contribution in [0.25, 0.3) is 0 Å². The fourth-order valence-corrected chi connectivity index (χ4v) is 0.935. The molecule has 0 aliphatic carbocycles. The second-order valence-corrected chi connectivity index (χ2v) is 2.81. The Morgan fingerprint density at radius 1 is 1.60 bits per heavy atom. The number of hydrogen-bond acceptors (Lipinski definition) is 2. The summed E-state index contributed by atoms with van der Waals surface area (Å²) in [5.74, 6) is 0. The summed E-state index contributed by atoms with van der Waals surface area (Å²) < 4.78 is 4.87. The van der Waals surface area contributed by atoms with Crippen molar-refractivity contribution in [3.05, 3.63) is 0 Å². The second-order valence-electron chi connectivity index (χ2n) is 2.19. The van der Waals surface area contributed by atoms with Gasteiger partial charge in [0, 0.05) is 7.11 Å². The maximum Gasteiger partial charge on any atom is 0.0626 e. The Kier molecular flexibility index (Phi) is 7.47. The van der Waals surface area contributed by atoms with Gasteiger partial charge in [-0.25, -0.2) is 0 Å². The van der Waals surface area contributed by atoms with Crippen LogP contribution in [0.5, 0.6) is 0 Å². The van der Waals surface area contributed by atoms with Crippen molar-refractivity contribution in [2.45, 2.75) is 18.7 Å². The van der Waals surface area contributed by atoms with Gasteiger partial charge >= 0.3 is 0 Å². The Morgan fingerprint density at radius 3 is 2.80 bits per heavy atom. The summed E-state index contributed by atoms with van der Waals surface area (Å²) in [4.78, 5) is 0. The van der Waals surface area contributed by atoms with E-state index in [4.69, 9.17) is 16.3 Å². The zero-order chi connectivity index (χ0) is 7.82. The molecule has 0 bridgehead atoms. The third-order valence-electron chi connectivity index (χ3n) is 1.23. The first-order valence-corrected chi connectivity index (χ1v) is 4.08. The van der Waals surface area contributed by atoms with Crippen LogP contribution in [0.3, 0.4) is 0 Å². The van der Waals surface area contributed by atoms with Crippen LogP contribution < -0.4 is 5.32 Å². The maximum atomic E-state index is 5.85. The van der Waals surface area contributed by atoms with Crippen LogP contribution in [0, 0.1) is 0 Å². The third kappa shape index (κ3) is 6.33. The van der Waals surface area contributed by atoms with Crippen molar-refractivity contribution >= 4 is 11.6 Å². The molecular formula is C7H16ClNO. The number of ether oxygens (including phenoxy) is 1. The summed E-state index contributed by atoms with van der Waals surface area (Å²) in [5, 5.41) is 3.35. The normalized spacial score (nSPS) is 13.5. The Labute approximate surface area is 67.9 Å². The molecule has 62 valence electrons. The van der Waals surface area contributed by atoms with Gasteiger partial charge in [-0.3, -0.25) is 0 Å². The van der Waals surface area contributed by atoms with Gasteiger partial charge in [0.25, 0.3) is 0 Å². The molecule has 0 aromatic heterocycles. The highest BCUT2D eigenvalue weighted by atomic mass is 35.5. The molecule has 0 spiro atoms. The number of hydrogen-bond donors (Lipinski definition) is 1. The van der Waals surface area contributed by atoms with Crippen LogP contribution in [0.1, 0.15) is 13.3 Å². The standard InChI is InChI=1S/C7H16ClNO/c1-3-9-5-4-7(8)6-10-2/h7,9H,3-6H2,1-2H3. The monoisotopic (exact) mass is 165 g/mol. The van der Waals surface area contributed by atoms with Gasteiger partial charge in [-0.1, -0.05) is 6.92 Å². The molecule has 0 aliphatic rings. The van der Waals surface area contributed by atoms with Crippen LogP contribution in [0.2, 0.25) is 0 Å². The van der Waals surface area contributed by atoms with Gasteiger partial charge in [0.05, 0.1) is 12.0 Å². The second kappa shape index (κ2) is 7.32. The van der Waals surface area contributed by atoms with Crippen molar-refractivity contribution < 1.29 is 4.74 Å². The molecule has 0 fully saturated rings. The van der Waals surface area contributed by atoms with E-state index in [0.29, 0.717) is 6.61 Å². The molecule has 10 heavy (non-hydrogen) atoms. The summed E-state index contributed by atoms with van der Waals surface area (Å²) in [6, 6.07) is 0. The highest BCUT2D eigenvalue weighted by molar-refractivity contribution is 6.20.